The number of aliphatic hydroxyl groups is 1. The van der Waals surface area contributed by atoms with Crippen LogP contribution in [0, 0.1) is 13.8 Å². The fraction of sp³-hybridized carbons (Fsp3) is 0.600. The van der Waals surface area contributed by atoms with Crippen molar-refractivity contribution in [3.8, 4) is 0 Å². The molecule has 0 aliphatic carbocycles. The van der Waals surface area contributed by atoms with E-state index in [1.807, 2.05) is 26.8 Å². The number of hydrogen-bond donors (Lipinski definition) is 2. The van der Waals surface area contributed by atoms with Gasteiger partial charge < -0.3 is 15.7 Å². The molecular formula is C15H23N3OS. The van der Waals surface area contributed by atoms with E-state index < -0.39 is 5.60 Å². The first-order chi connectivity index (χ1) is 9.30. The average Bonchev–Trinajstić information content (AvgIpc) is 2.48. The fourth-order valence-electron chi connectivity index (χ4n) is 2.87. The van der Waals surface area contributed by atoms with Gasteiger partial charge in [-0.15, -0.1) is 0 Å². The van der Waals surface area contributed by atoms with Crippen LogP contribution in [-0.2, 0) is 0 Å². The molecule has 2 rings (SSSR count). The molecule has 1 aromatic heterocycles. The van der Waals surface area contributed by atoms with Crippen molar-refractivity contribution in [3.05, 3.63) is 23.0 Å². The normalized spacial score (nSPS) is 23.5. The van der Waals surface area contributed by atoms with E-state index in [2.05, 4.69) is 9.88 Å². The zero-order valence-corrected chi connectivity index (χ0v) is 13.3. The van der Waals surface area contributed by atoms with Gasteiger partial charge >= 0.3 is 0 Å². The van der Waals surface area contributed by atoms with E-state index in [0.717, 1.165) is 55.0 Å². The minimum absolute atomic E-state index is 0.390. The highest BCUT2D eigenvalue weighted by molar-refractivity contribution is 7.80. The number of anilines is 1. The number of aryl methyl sites for hydroxylation is 2. The highest BCUT2D eigenvalue weighted by Gasteiger charge is 2.26. The molecule has 0 saturated carbocycles. The zero-order chi connectivity index (χ0) is 14.9. The van der Waals surface area contributed by atoms with Gasteiger partial charge in [0.15, 0.2) is 0 Å². The topological polar surface area (TPSA) is 62.4 Å². The Hall–Kier alpha value is -1.20. The van der Waals surface area contributed by atoms with E-state index in [1.165, 1.54) is 0 Å². The summed E-state index contributed by atoms with van der Waals surface area (Å²) in [6.07, 6.45) is 2.54. The smallest absolute Gasteiger partial charge is 0.107 e. The van der Waals surface area contributed by atoms with Crippen molar-refractivity contribution in [1.82, 2.24) is 4.98 Å². The number of rotatable bonds is 2. The summed E-state index contributed by atoms with van der Waals surface area (Å²) < 4.78 is 0. The van der Waals surface area contributed by atoms with Gasteiger partial charge in [0.25, 0.3) is 0 Å². The Kier molecular flexibility index (Phi) is 4.30. The van der Waals surface area contributed by atoms with Crippen LogP contribution in [0.5, 0.6) is 0 Å². The first-order valence-electron chi connectivity index (χ1n) is 7.05. The Bertz CT molecular complexity index is 528. The molecule has 1 aliphatic heterocycles. The third-order valence-corrected chi connectivity index (χ3v) is 4.16. The third kappa shape index (κ3) is 3.27. The van der Waals surface area contributed by atoms with Gasteiger partial charge in [-0.25, -0.2) is 0 Å². The lowest BCUT2D eigenvalue weighted by Crippen LogP contribution is -2.30. The summed E-state index contributed by atoms with van der Waals surface area (Å²) in [5, 5.41) is 10.2. The Balaban J connectivity index is 2.39. The van der Waals surface area contributed by atoms with Crippen molar-refractivity contribution in [2.75, 3.05) is 18.0 Å². The minimum atomic E-state index is -0.574. The van der Waals surface area contributed by atoms with Crippen molar-refractivity contribution in [2.24, 2.45) is 5.73 Å². The van der Waals surface area contributed by atoms with Crippen molar-refractivity contribution < 1.29 is 5.11 Å². The average molecular weight is 293 g/mol. The molecule has 20 heavy (non-hydrogen) atoms. The maximum Gasteiger partial charge on any atom is 0.107 e. The monoisotopic (exact) mass is 293 g/mol. The first kappa shape index (κ1) is 15.2. The molecule has 4 nitrogen and oxygen atoms in total. The van der Waals surface area contributed by atoms with Gasteiger partial charge in [-0.3, -0.25) is 4.98 Å². The van der Waals surface area contributed by atoms with Gasteiger partial charge in [0.1, 0.15) is 4.99 Å². The van der Waals surface area contributed by atoms with E-state index in [0.29, 0.717) is 4.99 Å². The van der Waals surface area contributed by atoms with E-state index >= 15 is 0 Å². The molecule has 1 aliphatic rings. The minimum Gasteiger partial charge on any atom is -0.390 e. The summed E-state index contributed by atoms with van der Waals surface area (Å²) in [5.74, 6) is 0. The van der Waals surface area contributed by atoms with Gasteiger partial charge in [-0.05, 0) is 46.1 Å². The summed E-state index contributed by atoms with van der Waals surface area (Å²) in [5.41, 5.74) is 9.07. The van der Waals surface area contributed by atoms with Crippen LogP contribution in [0.2, 0.25) is 0 Å². The molecule has 1 unspecified atom stereocenters. The predicted octanol–water partition coefficient (Wildman–Crippen LogP) is 2.07. The summed E-state index contributed by atoms with van der Waals surface area (Å²) in [4.78, 5) is 7.12. The van der Waals surface area contributed by atoms with Crippen LogP contribution in [0.3, 0.4) is 0 Å². The van der Waals surface area contributed by atoms with Crippen molar-refractivity contribution in [2.45, 2.75) is 45.6 Å². The Morgan fingerprint density at radius 1 is 1.40 bits per heavy atom. The van der Waals surface area contributed by atoms with E-state index in [-0.39, 0.29) is 0 Å². The van der Waals surface area contributed by atoms with Crippen LogP contribution in [0.1, 0.15) is 43.1 Å². The largest absolute Gasteiger partial charge is 0.390 e. The molecule has 0 bridgehead atoms. The fourth-order valence-corrected chi connectivity index (χ4v) is 3.12. The van der Waals surface area contributed by atoms with Crippen LogP contribution < -0.4 is 10.6 Å². The quantitative estimate of drug-likeness (QED) is 0.817. The molecular weight excluding hydrogens is 270 g/mol. The van der Waals surface area contributed by atoms with Crippen LogP contribution in [-0.4, -0.2) is 33.8 Å². The zero-order valence-electron chi connectivity index (χ0n) is 12.4. The number of thiocarbonyl (C=S) groups is 1. The highest BCUT2D eigenvalue weighted by Crippen LogP contribution is 2.29. The standard InChI is InChI=1S/C15H23N3OS/c1-10-9-12(13(14(16)20)11(2)17-10)18-7-4-5-15(3,19)6-8-18/h9,19H,4-8H2,1-3H3,(H2,16,20). The van der Waals surface area contributed by atoms with Crippen LogP contribution in [0.4, 0.5) is 5.69 Å². The Labute approximate surface area is 126 Å². The Morgan fingerprint density at radius 3 is 2.75 bits per heavy atom. The van der Waals surface area contributed by atoms with E-state index in [1.54, 1.807) is 0 Å². The number of pyridine rings is 1. The van der Waals surface area contributed by atoms with Gasteiger partial charge in [0.05, 0.1) is 16.9 Å². The molecule has 1 fully saturated rings. The van der Waals surface area contributed by atoms with Crippen molar-refractivity contribution in [1.29, 1.82) is 0 Å². The molecule has 0 radical (unpaired) electrons. The van der Waals surface area contributed by atoms with Gasteiger partial charge in [-0.2, -0.15) is 0 Å². The van der Waals surface area contributed by atoms with E-state index in [9.17, 15) is 5.11 Å². The second kappa shape index (κ2) is 5.66. The Morgan fingerprint density at radius 2 is 2.10 bits per heavy atom. The van der Waals surface area contributed by atoms with Crippen LogP contribution in [0.15, 0.2) is 6.07 Å². The van der Waals surface area contributed by atoms with Gasteiger partial charge in [-0.1, -0.05) is 12.2 Å². The van der Waals surface area contributed by atoms with Crippen molar-refractivity contribution in [3.63, 3.8) is 0 Å². The summed E-state index contributed by atoms with van der Waals surface area (Å²) >= 11 is 5.19. The molecule has 0 amide bonds. The lowest BCUT2D eigenvalue weighted by molar-refractivity contribution is 0.0481. The molecule has 1 atom stereocenters. The van der Waals surface area contributed by atoms with Gasteiger partial charge in [0, 0.05) is 24.5 Å². The number of hydrogen-bond acceptors (Lipinski definition) is 4. The van der Waals surface area contributed by atoms with Gasteiger partial charge in [0.2, 0.25) is 0 Å². The van der Waals surface area contributed by atoms with Crippen molar-refractivity contribution >= 4 is 22.9 Å². The lowest BCUT2D eigenvalue weighted by atomic mass is 9.98. The molecule has 1 aromatic rings. The number of aromatic nitrogens is 1. The molecule has 0 spiro atoms. The predicted molar refractivity (Wildman–Crippen MR) is 86.3 cm³/mol. The lowest BCUT2D eigenvalue weighted by Gasteiger charge is -2.27. The maximum atomic E-state index is 10.2. The molecule has 1 saturated heterocycles. The van der Waals surface area contributed by atoms with Crippen LogP contribution >= 0.6 is 12.2 Å². The highest BCUT2D eigenvalue weighted by atomic mass is 32.1. The third-order valence-electron chi connectivity index (χ3n) is 3.96. The SMILES string of the molecule is Cc1cc(N2CCCC(C)(O)CC2)c(C(N)=S)c(C)n1. The van der Waals surface area contributed by atoms with Crippen LogP contribution in [0.25, 0.3) is 0 Å². The molecule has 2 heterocycles. The first-order valence-corrected chi connectivity index (χ1v) is 7.46. The van der Waals surface area contributed by atoms with E-state index in [4.69, 9.17) is 18.0 Å². The molecule has 5 heteroatoms. The number of nitrogens with two attached hydrogens (primary N) is 1. The second-order valence-corrected chi connectivity index (χ2v) is 6.38. The molecule has 0 aromatic carbocycles. The summed E-state index contributed by atoms with van der Waals surface area (Å²) in [6, 6.07) is 2.04. The summed E-state index contributed by atoms with van der Waals surface area (Å²) in [6.45, 7) is 7.56. The number of nitrogens with zero attached hydrogens (tertiary/aromatic N) is 2. The second-order valence-electron chi connectivity index (χ2n) is 5.94. The summed E-state index contributed by atoms with van der Waals surface area (Å²) in [7, 11) is 0. The molecule has 110 valence electrons. The molecule has 3 N–H and O–H groups in total. The maximum absolute atomic E-state index is 10.2.